The van der Waals surface area contributed by atoms with Crippen LogP contribution < -0.4 is 5.73 Å². The fourth-order valence-corrected chi connectivity index (χ4v) is 1.63. The van der Waals surface area contributed by atoms with E-state index in [1.54, 1.807) is 12.1 Å². The van der Waals surface area contributed by atoms with E-state index in [0.717, 1.165) is 12.8 Å². The van der Waals surface area contributed by atoms with Crippen molar-refractivity contribution < 1.29 is 4.92 Å². The predicted molar refractivity (Wildman–Crippen MR) is 66.4 cm³/mol. The Labute approximate surface area is 103 Å². The maximum Gasteiger partial charge on any atom is 0.271 e. The Kier molecular flexibility index (Phi) is 3.22. The van der Waals surface area contributed by atoms with Crippen LogP contribution in [-0.4, -0.2) is 19.7 Å². The summed E-state index contributed by atoms with van der Waals surface area (Å²) in [6.07, 6.45) is 1.64. The van der Waals surface area contributed by atoms with Crippen molar-refractivity contribution >= 4 is 11.6 Å². The summed E-state index contributed by atoms with van der Waals surface area (Å²) in [7, 11) is 0. The number of non-ortho nitro benzene ring substituents is 1. The minimum absolute atomic E-state index is 0.000517. The molecule has 0 spiro atoms. The van der Waals surface area contributed by atoms with Gasteiger partial charge in [-0.2, -0.15) is 9.67 Å². The Hall–Kier alpha value is -2.44. The second-order valence-electron chi connectivity index (χ2n) is 3.82. The second-order valence-corrected chi connectivity index (χ2v) is 3.82. The minimum Gasteiger partial charge on any atom is -0.368 e. The summed E-state index contributed by atoms with van der Waals surface area (Å²) in [5.41, 5.74) is 6.29. The Morgan fingerprint density at radius 1 is 1.50 bits per heavy atom. The van der Waals surface area contributed by atoms with Gasteiger partial charge in [0.2, 0.25) is 5.95 Å². The summed E-state index contributed by atoms with van der Waals surface area (Å²) in [6.45, 7) is 2.02. The molecule has 0 saturated heterocycles. The molecule has 0 saturated carbocycles. The van der Waals surface area contributed by atoms with Crippen LogP contribution in [-0.2, 0) is 6.42 Å². The van der Waals surface area contributed by atoms with Gasteiger partial charge in [0.15, 0.2) is 5.82 Å². The summed E-state index contributed by atoms with van der Waals surface area (Å²) in [6, 6.07) is 6.13. The standard InChI is InChI=1S/C11H13N5O2/c1-2-4-10-13-11(12)15(14-10)8-5-3-6-9(7-8)16(17)18/h3,5-7H,2,4H2,1H3,(H2,12,13,14). The number of nitro benzene ring substituents is 1. The lowest BCUT2D eigenvalue weighted by atomic mass is 10.3. The third-order valence-electron chi connectivity index (χ3n) is 2.43. The third kappa shape index (κ3) is 2.29. The number of nitro groups is 1. The molecule has 2 aromatic rings. The molecule has 1 heterocycles. The maximum atomic E-state index is 10.7. The summed E-state index contributed by atoms with van der Waals surface area (Å²) >= 11 is 0. The Morgan fingerprint density at radius 3 is 2.94 bits per heavy atom. The Bertz CT molecular complexity index is 579. The van der Waals surface area contributed by atoms with Crippen molar-refractivity contribution in [1.29, 1.82) is 0 Å². The van der Waals surface area contributed by atoms with Crippen LogP contribution in [0, 0.1) is 10.1 Å². The van der Waals surface area contributed by atoms with Gasteiger partial charge in [0.05, 0.1) is 10.6 Å². The van der Waals surface area contributed by atoms with Crippen molar-refractivity contribution in [3.8, 4) is 5.69 Å². The van der Waals surface area contributed by atoms with Crippen LogP contribution in [0.2, 0.25) is 0 Å². The van der Waals surface area contributed by atoms with E-state index in [1.165, 1.54) is 16.8 Å². The van der Waals surface area contributed by atoms with Crippen molar-refractivity contribution in [1.82, 2.24) is 14.8 Å². The number of aryl methyl sites for hydroxylation is 1. The lowest BCUT2D eigenvalue weighted by molar-refractivity contribution is -0.384. The van der Waals surface area contributed by atoms with Gasteiger partial charge in [0, 0.05) is 18.6 Å². The highest BCUT2D eigenvalue weighted by Gasteiger charge is 2.11. The van der Waals surface area contributed by atoms with Crippen LogP contribution in [0.4, 0.5) is 11.6 Å². The molecule has 94 valence electrons. The first-order chi connectivity index (χ1) is 8.61. The number of nitrogens with two attached hydrogens (primary N) is 1. The first kappa shape index (κ1) is 12.0. The van der Waals surface area contributed by atoms with Crippen LogP contribution >= 0.6 is 0 Å². The highest BCUT2D eigenvalue weighted by Crippen LogP contribution is 2.18. The molecule has 0 atom stereocenters. The lowest BCUT2D eigenvalue weighted by Gasteiger charge is -2.01. The average molecular weight is 247 g/mol. The molecule has 1 aromatic heterocycles. The van der Waals surface area contributed by atoms with E-state index in [9.17, 15) is 10.1 Å². The van der Waals surface area contributed by atoms with Crippen LogP contribution in [0.3, 0.4) is 0 Å². The van der Waals surface area contributed by atoms with Gasteiger partial charge in [-0.05, 0) is 12.5 Å². The van der Waals surface area contributed by atoms with Gasteiger partial charge in [-0.25, -0.2) is 0 Å². The third-order valence-corrected chi connectivity index (χ3v) is 2.43. The van der Waals surface area contributed by atoms with E-state index < -0.39 is 4.92 Å². The molecule has 0 aliphatic rings. The Morgan fingerprint density at radius 2 is 2.28 bits per heavy atom. The highest BCUT2D eigenvalue weighted by molar-refractivity contribution is 5.45. The summed E-state index contributed by atoms with van der Waals surface area (Å²) in [5, 5.41) is 14.9. The number of aromatic nitrogens is 3. The van der Waals surface area contributed by atoms with Gasteiger partial charge in [0.25, 0.3) is 5.69 Å². The quantitative estimate of drug-likeness (QED) is 0.654. The zero-order chi connectivity index (χ0) is 13.1. The van der Waals surface area contributed by atoms with E-state index in [-0.39, 0.29) is 11.6 Å². The van der Waals surface area contributed by atoms with Crippen LogP contribution in [0.15, 0.2) is 24.3 Å². The van der Waals surface area contributed by atoms with Gasteiger partial charge in [0.1, 0.15) is 0 Å². The largest absolute Gasteiger partial charge is 0.368 e. The van der Waals surface area contributed by atoms with Crippen molar-refractivity contribution in [3.05, 3.63) is 40.2 Å². The van der Waals surface area contributed by atoms with E-state index in [1.807, 2.05) is 6.92 Å². The fourth-order valence-electron chi connectivity index (χ4n) is 1.63. The van der Waals surface area contributed by atoms with E-state index in [0.29, 0.717) is 11.5 Å². The molecular weight excluding hydrogens is 234 g/mol. The maximum absolute atomic E-state index is 10.7. The van der Waals surface area contributed by atoms with Crippen molar-refractivity contribution in [2.24, 2.45) is 0 Å². The lowest BCUT2D eigenvalue weighted by Crippen LogP contribution is -2.03. The van der Waals surface area contributed by atoms with Gasteiger partial charge in [-0.15, -0.1) is 5.10 Å². The molecule has 2 N–H and O–H groups in total. The van der Waals surface area contributed by atoms with Crippen LogP contribution in [0.1, 0.15) is 19.2 Å². The van der Waals surface area contributed by atoms with Crippen molar-refractivity contribution in [3.63, 3.8) is 0 Å². The number of hydrogen-bond acceptors (Lipinski definition) is 5. The number of rotatable bonds is 4. The predicted octanol–water partition coefficient (Wildman–Crippen LogP) is 1.71. The first-order valence-corrected chi connectivity index (χ1v) is 5.58. The zero-order valence-corrected chi connectivity index (χ0v) is 9.91. The zero-order valence-electron chi connectivity index (χ0n) is 9.91. The molecule has 0 aliphatic carbocycles. The molecule has 18 heavy (non-hydrogen) atoms. The molecule has 0 amide bonds. The summed E-state index contributed by atoms with van der Waals surface area (Å²) < 4.78 is 1.41. The first-order valence-electron chi connectivity index (χ1n) is 5.58. The Balaban J connectivity index is 2.41. The summed E-state index contributed by atoms with van der Waals surface area (Å²) in [4.78, 5) is 14.4. The van der Waals surface area contributed by atoms with Gasteiger partial charge in [-0.1, -0.05) is 13.0 Å². The number of anilines is 1. The molecule has 0 fully saturated rings. The highest BCUT2D eigenvalue weighted by atomic mass is 16.6. The molecular formula is C11H13N5O2. The molecule has 0 bridgehead atoms. The second kappa shape index (κ2) is 4.82. The minimum atomic E-state index is -0.455. The SMILES string of the molecule is CCCc1nc(N)n(-c2cccc([N+](=O)[O-])c2)n1. The molecule has 0 radical (unpaired) electrons. The molecule has 0 unspecified atom stereocenters. The molecule has 7 nitrogen and oxygen atoms in total. The van der Waals surface area contributed by atoms with E-state index in [4.69, 9.17) is 5.73 Å². The normalized spacial score (nSPS) is 10.5. The van der Waals surface area contributed by atoms with E-state index in [2.05, 4.69) is 10.1 Å². The fraction of sp³-hybridized carbons (Fsp3) is 0.273. The monoisotopic (exact) mass is 247 g/mol. The molecule has 7 heteroatoms. The van der Waals surface area contributed by atoms with Crippen molar-refractivity contribution in [2.45, 2.75) is 19.8 Å². The number of benzene rings is 1. The van der Waals surface area contributed by atoms with Crippen molar-refractivity contribution in [2.75, 3.05) is 5.73 Å². The number of hydrogen-bond donors (Lipinski definition) is 1. The molecule has 0 aliphatic heterocycles. The molecule has 1 aromatic carbocycles. The molecule has 2 rings (SSSR count). The van der Waals surface area contributed by atoms with Gasteiger partial charge >= 0.3 is 0 Å². The number of nitrogens with zero attached hydrogens (tertiary/aromatic N) is 4. The van der Waals surface area contributed by atoms with Crippen LogP contribution in [0.5, 0.6) is 0 Å². The topological polar surface area (TPSA) is 99.9 Å². The summed E-state index contributed by atoms with van der Waals surface area (Å²) in [5.74, 6) is 0.875. The average Bonchev–Trinajstić information content (AvgIpc) is 2.71. The van der Waals surface area contributed by atoms with Gasteiger partial charge < -0.3 is 5.73 Å². The van der Waals surface area contributed by atoms with Gasteiger partial charge in [-0.3, -0.25) is 10.1 Å². The smallest absolute Gasteiger partial charge is 0.271 e. The van der Waals surface area contributed by atoms with E-state index >= 15 is 0 Å². The van der Waals surface area contributed by atoms with Crippen LogP contribution in [0.25, 0.3) is 5.69 Å². The number of nitrogen functional groups attached to an aromatic ring is 1.